The second-order valence-corrected chi connectivity index (χ2v) is 3.18. The van der Waals surface area contributed by atoms with Crippen LogP contribution in [-0.2, 0) is 0 Å². The molecule has 2 aliphatic heterocycles. The molecule has 0 radical (unpaired) electrons. The van der Waals surface area contributed by atoms with Crippen LogP contribution in [-0.4, -0.2) is 23.6 Å². The van der Waals surface area contributed by atoms with Gasteiger partial charge in [0.05, 0.1) is 11.0 Å². The van der Waals surface area contributed by atoms with Gasteiger partial charge in [0.25, 0.3) is 0 Å². The molecule has 2 N–H and O–H groups in total. The zero-order valence-corrected chi connectivity index (χ0v) is 6.00. The second-order valence-electron chi connectivity index (χ2n) is 2.74. The lowest BCUT2D eigenvalue weighted by atomic mass is 10.2. The maximum Gasteiger partial charge on any atom is 0.0926 e. The standard InChI is InChI=1S/C6H10N2S/c9-6-5-2-1-4(8-5)3-7-6/h4-5,8H,1-3H2,(H,7,9). The largest absolute Gasteiger partial charge is 0.377 e. The molecule has 2 aliphatic rings. The number of hydrogen-bond donors (Lipinski definition) is 2. The average molecular weight is 142 g/mol. The van der Waals surface area contributed by atoms with Crippen molar-refractivity contribution in [1.82, 2.24) is 10.6 Å². The van der Waals surface area contributed by atoms with Crippen LogP contribution >= 0.6 is 12.2 Å². The predicted molar refractivity (Wildman–Crippen MR) is 40.5 cm³/mol. The molecule has 2 saturated heterocycles. The van der Waals surface area contributed by atoms with Gasteiger partial charge >= 0.3 is 0 Å². The van der Waals surface area contributed by atoms with Crippen molar-refractivity contribution in [1.29, 1.82) is 0 Å². The molecule has 9 heavy (non-hydrogen) atoms. The van der Waals surface area contributed by atoms with Crippen LogP contribution in [0.25, 0.3) is 0 Å². The molecule has 2 bridgehead atoms. The molecule has 0 spiro atoms. The third kappa shape index (κ3) is 0.843. The molecule has 2 fully saturated rings. The van der Waals surface area contributed by atoms with Gasteiger partial charge in [-0.1, -0.05) is 12.2 Å². The maximum atomic E-state index is 5.08. The summed E-state index contributed by atoms with van der Waals surface area (Å²) in [4.78, 5) is 1.02. The topological polar surface area (TPSA) is 24.1 Å². The monoisotopic (exact) mass is 142 g/mol. The van der Waals surface area contributed by atoms with Gasteiger partial charge in [-0.05, 0) is 12.8 Å². The van der Waals surface area contributed by atoms with E-state index in [-0.39, 0.29) is 0 Å². The Hall–Kier alpha value is -0.150. The summed E-state index contributed by atoms with van der Waals surface area (Å²) in [7, 11) is 0. The van der Waals surface area contributed by atoms with Gasteiger partial charge < -0.3 is 10.6 Å². The molecular weight excluding hydrogens is 132 g/mol. The normalized spacial score (nSPS) is 40.7. The van der Waals surface area contributed by atoms with Crippen molar-refractivity contribution in [2.45, 2.75) is 24.9 Å². The summed E-state index contributed by atoms with van der Waals surface area (Å²) in [5, 5.41) is 6.65. The van der Waals surface area contributed by atoms with Crippen LogP contribution in [0.4, 0.5) is 0 Å². The van der Waals surface area contributed by atoms with Gasteiger partial charge in [0.2, 0.25) is 0 Å². The van der Waals surface area contributed by atoms with Crippen LogP contribution in [0.15, 0.2) is 0 Å². The van der Waals surface area contributed by atoms with Crippen LogP contribution in [0.3, 0.4) is 0 Å². The van der Waals surface area contributed by atoms with E-state index in [4.69, 9.17) is 12.2 Å². The number of nitrogens with one attached hydrogen (secondary N) is 2. The Kier molecular flexibility index (Phi) is 1.20. The fourth-order valence-electron chi connectivity index (χ4n) is 1.53. The minimum absolute atomic E-state index is 0.499. The Bertz CT molecular complexity index is 146. The van der Waals surface area contributed by atoms with Crippen molar-refractivity contribution in [3.05, 3.63) is 0 Å². The summed E-state index contributed by atoms with van der Waals surface area (Å²) in [5.41, 5.74) is 0. The predicted octanol–water partition coefficient (Wildman–Crippen LogP) is 0.0376. The van der Waals surface area contributed by atoms with Crippen molar-refractivity contribution >= 4 is 17.2 Å². The maximum absolute atomic E-state index is 5.08. The van der Waals surface area contributed by atoms with Crippen molar-refractivity contribution in [2.24, 2.45) is 0 Å². The van der Waals surface area contributed by atoms with E-state index < -0.39 is 0 Å². The van der Waals surface area contributed by atoms with Gasteiger partial charge in [-0.2, -0.15) is 0 Å². The van der Waals surface area contributed by atoms with E-state index in [0.29, 0.717) is 12.1 Å². The molecule has 2 heterocycles. The summed E-state index contributed by atoms with van der Waals surface area (Å²) >= 11 is 5.08. The SMILES string of the molecule is S=C1NCC2CCC1N2. The van der Waals surface area contributed by atoms with Crippen LogP contribution < -0.4 is 10.6 Å². The molecule has 0 aromatic rings. The van der Waals surface area contributed by atoms with E-state index in [2.05, 4.69) is 10.6 Å². The fraction of sp³-hybridized carbons (Fsp3) is 0.833. The summed E-state index contributed by atoms with van der Waals surface area (Å²) in [6.45, 7) is 1.04. The van der Waals surface area contributed by atoms with Crippen molar-refractivity contribution in [3.8, 4) is 0 Å². The van der Waals surface area contributed by atoms with Crippen LogP contribution in [0, 0.1) is 0 Å². The van der Waals surface area contributed by atoms with Crippen LogP contribution in [0.2, 0.25) is 0 Å². The molecule has 0 saturated carbocycles. The van der Waals surface area contributed by atoms with Crippen molar-refractivity contribution in [3.63, 3.8) is 0 Å². The molecule has 0 aliphatic carbocycles. The molecule has 0 amide bonds. The van der Waals surface area contributed by atoms with Crippen LogP contribution in [0.1, 0.15) is 12.8 Å². The number of fused-ring (bicyclic) bond motifs is 2. The van der Waals surface area contributed by atoms with Gasteiger partial charge in [-0.15, -0.1) is 0 Å². The Morgan fingerprint density at radius 2 is 2.33 bits per heavy atom. The number of thiocarbonyl (C=S) groups is 1. The zero-order chi connectivity index (χ0) is 6.27. The highest BCUT2D eigenvalue weighted by atomic mass is 32.1. The Labute approximate surface area is 60.0 Å². The summed E-state index contributed by atoms with van der Waals surface area (Å²) in [5.74, 6) is 0. The lowest BCUT2D eigenvalue weighted by Gasteiger charge is -2.23. The summed E-state index contributed by atoms with van der Waals surface area (Å²) < 4.78 is 0. The fourth-order valence-corrected chi connectivity index (χ4v) is 1.80. The van der Waals surface area contributed by atoms with Crippen molar-refractivity contribution in [2.75, 3.05) is 6.54 Å². The average Bonchev–Trinajstić information content (AvgIpc) is 2.25. The van der Waals surface area contributed by atoms with Crippen LogP contribution in [0.5, 0.6) is 0 Å². The molecule has 0 aromatic carbocycles. The quantitative estimate of drug-likeness (QED) is 0.467. The molecule has 2 rings (SSSR count). The molecule has 3 heteroatoms. The van der Waals surface area contributed by atoms with Gasteiger partial charge in [0.15, 0.2) is 0 Å². The van der Waals surface area contributed by atoms with E-state index in [9.17, 15) is 0 Å². The first kappa shape index (κ1) is 5.62. The number of hydrogen-bond acceptors (Lipinski definition) is 2. The van der Waals surface area contributed by atoms with Gasteiger partial charge in [-0.3, -0.25) is 0 Å². The first-order chi connectivity index (χ1) is 4.36. The lowest BCUT2D eigenvalue weighted by Crippen LogP contribution is -2.51. The third-order valence-corrected chi connectivity index (χ3v) is 2.51. The second kappa shape index (κ2) is 1.92. The molecule has 0 aromatic heterocycles. The first-order valence-electron chi connectivity index (χ1n) is 3.40. The first-order valence-corrected chi connectivity index (χ1v) is 3.81. The zero-order valence-electron chi connectivity index (χ0n) is 5.18. The molecular formula is C6H10N2S. The third-order valence-electron chi connectivity index (χ3n) is 2.08. The van der Waals surface area contributed by atoms with E-state index >= 15 is 0 Å². The van der Waals surface area contributed by atoms with Gasteiger partial charge in [0.1, 0.15) is 0 Å². The molecule has 2 nitrogen and oxygen atoms in total. The van der Waals surface area contributed by atoms with Gasteiger partial charge in [-0.25, -0.2) is 0 Å². The summed E-state index contributed by atoms with van der Waals surface area (Å²) in [6, 6.07) is 1.19. The van der Waals surface area contributed by atoms with E-state index in [0.717, 1.165) is 11.5 Å². The highest BCUT2D eigenvalue weighted by molar-refractivity contribution is 7.80. The minimum Gasteiger partial charge on any atom is -0.377 e. The highest BCUT2D eigenvalue weighted by Gasteiger charge is 2.30. The lowest BCUT2D eigenvalue weighted by molar-refractivity contribution is 0.541. The number of rotatable bonds is 0. The molecule has 2 atom stereocenters. The Morgan fingerprint density at radius 3 is 3.11 bits per heavy atom. The van der Waals surface area contributed by atoms with Crippen molar-refractivity contribution < 1.29 is 0 Å². The summed E-state index contributed by atoms with van der Waals surface area (Å²) in [6.07, 6.45) is 2.52. The Balaban J connectivity index is 2.14. The van der Waals surface area contributed by atoms with Gasteiger partial charge in [0, 0.05) is 12.6 Å². The van der Waals surface area contributed by atoms with E-state index in [1.807, 2.05) is 0 Å². The number of piperazine rings is 1. The highest BCUT2D eigenvalue weighted by Crippen LogP contribution is 2.15. The Morgan fingerprint density at radius 1 is 1.44 bits per heavy atom. The smallest absolute Gasteiger partial charge is 0.0926 e. The minimum atomic E-state index is 0.499. The molecule has 50 valence electrons. The van der Waals surface area contributed by atoms with E-state index in [1.54, 1.807) is 0 Å². The van der Waals surface area contributed by atoms with E-state index in [1.165, 1.54) is 12.8 Å². The molecule has 2 unspecified atom stereocenters.